The molecule has 0 spiro atoms. The highest BCUT2D eigenvalue weighted by atomic mass is 32.2. The van der Waals surface area contributed by atoms with Gasteiger partial charge in [-0.15, -0.1) is 0 Å². The first kappa shape index (κ1) is 18.8. The van der Waals surface area contributed by atoms with E-state index in [1.807, 2.05) is 0 Å². The zero-order valence-electron chi connectivity index (χ0n) is 13.3. The molecular formula is C15H12N2O8S2. The van der Waals surface area contributed by atoms with Crippen LogP contribution in [0.1, 0.15) is 0 Å². The number of aromatic hydroxyl groups is 1. The van der Waals surface area contributed by atoms with E-state index in [1.54, 1.807) is 0 Å². The normalized spacial score (nSPS) is 12.2. The molecule has 10 nitrogen and oxygen atoms in total. The van der Waals surface area contributed by atoms with E-state index in [9.17, 15) is 26.7 Å². The molecule has 0 atom stereocenters. The smallest absolute Gasteiger partial charge is 0.307 e. The van der Waals surface area contributed by atoms with Crippen LogP contribution in [0, 0.1) is 0 Å². The number of benzene rings is 2. The fourth-order valence-corrected chi connectivity index (χ4v) is 3.40. The van der Waals surface area contributed by atoms with Crippen molar-refractivity contribution in [3.8, 4) is 22.7 Å². The first-order valence-electron chi connectivity index (χ1n) is 7.18. The monoisotopic (exact) mass is 412 g/mol. The molecule has 0 aliphatic rings. The van der Waals surface area contributed by atoms with Crippen LogP contribution in [0.25, 0.3) is 16.9 Å². The van der Waals surface area contributed by atoms with E-state index >= 15 is 0 Å². The van der Waals surface area contributed by atoms with E-state index in [1.165, 1.54) is 24.3 Å². The highest BCUT2D eigenvalue weighted by Gasteiger charge is 2.19. The summed E-state index contributed by atoms with van der Waals surface area (Å²) in [6.07, 6.45) is 0. The molecule has 0 radical (unpaired) electrons. The van der Waals surface area contributed by atoms with Crippen molar-refractivity contribution in [2.75, 3.05) is 0 Å². The molecule has 0 fully saturated rings. The van der Waals surface area contributed by atoms with Gasteiger partial charge < -0.3 is 5.11 Å². The van der Waals surface area contributed by atoms with Crippen LogP contribution in [0.3, 0.4) is 0 Å². The van der Waals surface area contributed by atoms with E-state index in [-0.39, 0.29) is 26.7 Å². The Kier molecular flexibility index (Phi) is 4.43. The molecular weight excluding hydrogens is 400 g/mol. The van der Waals surface area contributed by atoms with E-state index < -0.39 is 31.5 Å². The van der Waals surface area contributed by atoms with Crippen LogP contribution in [0.5, 0.6) is 5.75 Å². The summed E-state index contributed by atoms with van der Waals surface area (Å²) in [6, 6.07) is 9.50. The van der Waals surface area contributed by atoms with Crippen molar-refractivity contribution < 1.29 is 31.0 Å². The molecule has 0 unspecified atom stereocenters. The second-order valence-electron chi connectivity index (χ2n) is 5.44. The van der Waals surface area contributed by atoms with Gasteiger partial charge in [0.1, 0.15) is 5.69 Å². The van der Waals surface area contributed by atoms with Crippen LogP contribution in [0.15, 0.2) is 63.1 Å². The lowest BCUT2D eigenvalue weighted by atomic mass is 10.1. The second kappa shape index (κ2) is 6.35. The maximum atomic E-state index is 11.9. The molecule has 142 valence electrons. The van der Waals surface area contributed by atoms with Crippen molar-refractivity contribution in [2.24, 2.45) is 0 Å². The van der Waals surface area contributed by atoms with Crippen LogP contribution in [-0.4, -0.2) is 40.8 Å². The van der Waals surface area contributed by atoms with Gasteiger partial charge in [0.05, 0.1) is 15.5 Å². The van der Waals surface area contributed by atoms with Crippen molar-refractivity contribution in [1.29, 1.82) is 0 Å². The van der Waals surface area contributed by atoms with Gasteiger partial charge in [0.15, 0.2) is 0 Å². The lowest BCUT2D eigenvalue weighted by Gasteiger charge is -2.10. The van der Waals surface area contributed by atoms with Gasteiger partial charge in [0.2, 0.25) is 5.75 Å². The maximum Gasteiger partial charge on any atom is 0.307 e. The lowest BCUT2D eigenvalue weighted by molar-refractivity contribution is 0.472. The minimum Gasteiger partial charge on any atom is -0.501 e. The van der Waals surface area contributed by atoms with Crippen molar-refractivity contribution in [3.05, 3.63) is 58.9 Å². The summed E-state index contributed by atoms with van der Waals surface area (Å²) in [4.78, 5) is 11.1. The number of aromatic nitrogens is 2. The van der Waals surface area contributed by atoms with E-state index in [4.69, 9.17) is 9.11 Å². The number of nitrogens with one attached hydrogen (secondary N) is 1. The number of hydrogen-bond acceptors (Lipinski definition) is 6. The first-order valence-corrected chi connectivity index (χ1v) is 10.1. The Balaban J connectivity index is 2.15. The Bertz CT molecular complexity index is 1270. The van der Waals surface area contributed by atoms with Crippen LogP contribution in [-0.2, 0) is 20.2 Å². The third kappa shape index (κ3) is 3.64. The second-order valence-corrected chi connectivity index (χ2v) is 8.29. The van der Waals surface area contributed by atoms with Crippen LogP contribution >= 0.6 is 0 Å². The summed E-state index contributed by atoms with van der Waals surface area (Å²) in [5.41, 5.74) is -0.338. The molecule has 0 saturated heterocycles. The number of rotatable bonds is 4. The molecule has 0 saturated carbocycles. The Morgan fingerprint density at radius 1 is 0.778 bits per heavy atom. The van der Waals surface area contributed by atoms with Crippen LogP contribution < -0.4 is 5.56 Å². The summed E-state index contributed by atoms with van der Waals surface area (Å²) in [6.45, 7) is 0. The Morgan fingerprint density at radius 3 is 1.67 bits per heavy atom. The van der Waals surface area contributed by atoms with E-state index in [0.29, 0.717) is 0 Å². The summed E-state index contributed by atoms with van der Waals surface area (Å²) in [5.74, 6) is -0.645. The average molecular weight is 412 g/mol. The van der Waals surface area contributed by atoms with Crippen molar-refractivity contribution in [2.45, 2.75) is 9.79 Å². The largest absolute Gasteiger partial charge is 0.501 e. The zero-order chi connectivity index (χ0) is 20.0. The standard InChI is InChI=1S/C15H12N2O8S2/c18-14-13(9-1-5-11(6-2-9)26(20,21)22)17(16-15(14)19)10-3-7-12(8-4-10)27(23,24)25/h1-8,18H,(H,16,19)(H,20,21,22)(H,23,24,25). The summed E-state index contributed by atoms with van der Waals surface area (Å²) < 4.78 is 63.7. The first-order chi connectivity index (χ1) is 12.5. The maximum absolute atomic E-state index is 11.9. The highest BCUT2D eigenvalue weighted by Crippen LogP contribution is 2.29. The van der Waals surface area contributed by atoms with E-state index in [0.717, 1.165) is 28.9 Å². The predicted octanol–water partition coefficient (Wildman–Crippen LogP) is 1.03. The molecule has 0 amide bonds. The van der Waals surface area contributed by atoms with Crippen LogP contribution in [0.4, 0.5) is 0 Å². The number of aromatic amines is 1. The fourth-order valence-electron chi connectivity index (χ4n) is 2.44. The van der Waals surface area contributed by atoms with Gasteiger partial charge in [-0.2, -0.15) is 16.8 Å². The van der Waals surface area contributed by atoms with Gasteiger partial charge in [0, 0.05) is 5.56 Å². The average Bonchev–Trinajstić information content (AvgIpc) is 2.89. The molecule has 4 N–H and O–H groups in total. The van der Waals surface area contributed by atoms with Gasteiger partial charge in [-0.25, -0.2) is 4.68 Å². The zero-order valence-corrected chi connectivity index (χ0v) is 14.9. The van der Waals surface area contributed by atoms with Crippen molar-refractivity contribution in [3.63, 3.8) is 0 Å². The van der Waals surface area contributed by atoms with E-state index in [2.05, 4.69) is 5.10 Å². The molecule has 1 aromatic heterocycles. The topological polar surface area (TPSA) is 167 Å². The molecule has 12 heteroatoms. The molecule has 3 rings (SSSR count). The molecule has 0 bridgehead atoms. The summed E-state index contributed by atoms with van der Waals surface area (Å²) >= 11 is 0. The number of H-pyrrole nitrogens is 1. The lowest BCUT2D eigenvalue weighted by Crippen LogP contribution is -2.05. The van der Waals surface area contributed by atoms with Crippen molar-refractivity contribution in [1.82, 2.24) is 9.78 Å². The van der Waals surface area contributed by atoms with Gasteiger partial charge in [-0.05, 0) is 36.4 Å². The highest BCUT2D eigenvalue weighted by molar-refractivity contribution is 7.86. The van der Waals surface area contributed by atoms with Gasteiger partial charge in [-0.1, -0.05) is 12.1 Å². The van der Waals surface area contributed by atoms with Crippen molar-refractivity contribution >= 4 is 20.2 Å². The third-order valence-corrected chi connectivity index (χ3v) is 5.43. The third-order valence-electron chi connectivity index (χ3n) is 3.69. The quantitative estimate of drug-likeness (QED) is 0.461. The molecule has 27 heavy (non-hydrogen) atoms. The molecule has 0 aliphatic heterocycles. The van der Waals surface area contributed by atoms with Crippen LogP contribution in [0.2, 0.25) is 0 Å². The fraction of sp³-hybridized carbons (Fsp3) is 0. The minimum atomic E-state index is -4.41. The molecule has 2 aromatic carbocycles. The summed E-state index contributed by atoms with van der Waals surface area (Å²) in [5, 5.41) is 12.4. The Morgan fingerprint density at radius 2 is 1.22 bits per heavy atom. The summed E-state index contributed by atoms with van der Waals surface area (Å²) in [7, 11) is -8.80. The Hall–Kier alpha value is -2.93. The molecule has 3 aromatic rings. The Labute approximate surface area is 152 Å². The predicted molar refractivity (Wildman–Crippen MR) is 93.1 cm³/mol. The molecule has 0 aliphatic carbocycles. The number of nitrogens with zero attached hydrogens (tertiary/aromatic N) is 1. The minimum absolute atomic E-state index is 0.0125. The van der Waals surface area contributed by atoms with Gasteiger partial charge in [0.25, 0.3) is 20.2 Å². The SMILES string of the molecule is O=c1[nH]n(-c2ccc(S(=O)(=O)O)cc2)c(-c2ccc(S(=O)(=O)O)cc2)c1O. The molecule has 1 heterocycles. The van der Waals surface area contributed by atoms with Gasteiger partial charge >= 0.3 is 5.56 Å². The number of hydrogen-bond donors (Lipinski definition) is 4. The van der Waals surface area contributed by atoms with Gasteiger partial charge in [-0.3, -0.25) is 19.0 Å².